The Hall–Kier alpha value is -1.72. The van der Waals surface area contributed by atoms with E-state index in [-0.39, 0.29) is 5.75 Å². The van der Waals surface area contributed by atoms with Crippen LogP contribution in [0.25, 0.3) is 10.9 Å². The zero-order chi connectivity index (χ0) is 14.9. The first-order valence-corrected chi connectivity index (χ1v) is 8.64. The number of rotatable bonds is 3. The van der Waals surface area contributed by atoms with E-state index in [1.807, 2.05) is 30.3 Å². The molecule has 1 aromatic heterocycles. The number of fused-ring (bicyclic) bond motifs is 1. The number of hydrogen-bond acceptors (Lipinski definition) is 3. The van der Waals surface area contributed by atoms with Crippen molar-refractivity contribution in [3.63, 3.8) is 0 Å². The highest BCUT2D eigenvalue weighted by Gasteiger charge is 2.25. The van der Waals surface area contributed by atoms with Crippen LogP contribution in [0.5, 0.6) is 0 Å². The van der Waals surface area contributed by atoms with Crippen LogP contribution in [-0.2, 0) is 15.8 Å². The third-order valence-corrected chi connectivity index (χ3v) is 5.70. The molecule has 1 aromatic carbocycles. The first-order valence-electron chi connectivity index (χ1n) is 7.03. The van der Waals surface area contributed by atoms with Gasteiger partial charge in [0.1, 0.15) is 0 Å². The Balaban J connectivity index is 1.89. The van der Waals surface area contributed by atoms with Crippen molar-refractivity contribution in [2.45, 2.75) is 18.6 Å². The summed E-state index contributed by atoms with van der Waals surface area (Å²) in [7, 11) is -3.30. The molecule has 21 heavy (non-hydrogen) atoms. The maximum absolute atomic E-state index is 12.6. The highest BCUT2D eigenvalue weighted by molar-refractivity contribution is 7.88. The Bertz CT molecular complexity index is 768. The zero-order valence-corrected chi connectivity index (χ0v) is 12.6. The van der Waals surface area contributed by atoms with Crippen molar-refractivity contribution < 1.29 is 8.42 Å². The summed E-state index contributed by atoms with van der Waals surface area (Å²) in [6, 6.07) is 9.48. The van der Waals surface area contributed by atoms with Crippen molar-refractivity contribution in [2.75, 3.05) is 13.1 Å². The number of hydrogen-bond donors (Lipinski definition) is 0. The predicted octanol–water partition coefficient (Wildman–Crippen LogP) is 2.72. The van der Waals surface area contributed by atoms with E-state index in [0.29, 0.717) is 13.1 Å². The van der Waals surface area contributed by atoms with Crippen molar-refractivity contribution >= 4 is 20.9 Å². The third kappa shape index (κ3) is 2.99. The lowest BCUT2D eigenvalue weighted by atomic mass is 10.1. The minimum atomic E-state index is -3.30. The Kier molecular flexibility index (Phi) is 3.78. The lowest BCUT2D eigenvalue weighted by molar-refractivity contribution is 0.387. The van der Waals surface area contributed by atoms with Crippen molar-refractivity contribution in [3.8, 4) is 0 Å². The number of pyridine rings is 1. The molecule has 0 saturated carbocycles. The van der Waals surface area contributed by atoms with Gasteiger partial charge in [0.15, 0.2) is 0 Å². The van der Waals surface area contributed by atoms with E-state index in [0.717, 1.165) is 34.9 Å². The van der Waals surface area contributed by atoms with Crippen molar-refractivity contribution in [1.82, 2.24) is 9.29 Å². The van der Waals surface area contributed by atoms with Gasteiger partial charge in [-0.25, -0.2) is 12.7 Å². The largest absolute Gasteiger partial charge is 0.256 e. The zero-order valence-electron chi connectivity index (χ0n) is 11.8. The van der Waals surface area contributed by atoms with Gasteiger partial charge in [-0.15, -0.1) is 0 Å². The van der Waals surface area contributed by atoms with Crippen molar-refractivity contribution in [1.29, 1.82) is 0 Å². The number of nitrogens with zero attached hydrogens (tertiary/aromatic N) is 2. The summed E-state index contributed by atoms with van der Waals surface area (Å²) in [4.78, 5) is 4.33. The van der Waals surface area contributed by atoms with Crippen LogP contribution in [0.15, 0.2) is 48.7 Å². The molecule has 110 valence electrons. The topological polar surface area (TPSA) is 50.3 Å². The fraction of sp³-hybridized carbons (Fsp3) is 0.312. The Labute approximate surface area is 125 Å². The van der Waals surface area contributed by atoms with E-state index in [4.69, 9.17) is 0 Å². The van der Waals surface area contributed by atoms with Gasteiger partial charge in [-0.2, -0.15) is 0 Å². The molecule has 0 radical (unpaired) electrons. The average Bonchev–Trinajstić information content (AvgIpc) is 2.48. The van der Waals surface area contributed by atoms with Crippen LogP contribution in [0, 0.1) is 0 Å². The molecule has 0 aliphatic carbocycles. The standard InChI is InChI=1S/C16H18N2O2S/c1-13-7-10-18(11-8-13)21(19,20)12-15-5-2-4-14-6-3-9-17-16(14)15/h2-6,9H,1,7-8,10-12H2. The Morgan fingerprint density at radius 1 is 1.14 bits per heavy atom. The molecular formula is C16H18N2O2S. The van der Waals surface area contributed by atoms with Gasteiger partial charge in [0.05, 0.1) is 11.3 Å². The van der Waals surface area contributed by atoms with E-state index in [1.165, 1.54) is 0 Å². The van der Waals surface area contributed by atoms with Crippen LogP contribution < -0.4 is 0 Å². The number of aromatic nitrogens is 1. The quantitative estimate of drug-likeness (QED) is 0.819. The van der Waals surface area contributed by atoms with Crippen LogP contribution in [-0.4, -0.2) is 30.8 Å². The average molecular weight is 302 g/mol. The fourth-order valence-electron chi connectivity index (χ4n) is 2.65. The van der Waals surface area contributed by atoms with Gasteiger partial charge < -0.3 is 0 Å². The molecule has 5 heteroatoms. The summed E-state index contributed by atoms with van der Waals surface area (Å²) in [5.41, 5.74) is 2.66. The molecule has 1 aliphatic heterocycles. The molecule has 1 fully saturated rings. The summed E-state index contributed by atoms with van der Waals surface area (Å²) in [6.45, 7) is 5.01. The van der Waals surface area contributed by atoms with Crippen molar-refractivity contribution in [2.24, 2.45) is 0 Å². The Morgan fingerprint density at radius 2 is 1.86 bits per heavy atom. The molecule has 0 spiro atoms. The normalized spacial score (nSPS) is 17.2. The van der Waals surface area contributed by atoms with E-state index < -0.39 is 10.0 Å². The maximum atomic E-state index is 12.6. The molecule has 0 N–H and O–H groups in total. The predicted molar refractivity (Wildman–Crippen MR) is 84.3 cm³/mol. The van der Waals surface area contributed by atoms with Crippen LogP contribution in [0.2, 0.25) is 0 Å². The van der Waals surface area contributed by atoms with Gasteiger partial charge in [0, 0.05) is 24.7 Å². The molecule has 4 nitrogen and oxygen atoms in total. The van der Waals surface area contributed by atoms with E-state index in [2.05, 4.69) is 11.6 Å². The minimum absolute atomic E-state index is 0.00777. The maximum Gasteiger partial charge on any atom is 0.218 e. The van der Waals surface area contributed by atoms with E-state index in [9.17, 15) is 8.42 Å². The van der Waals surface area contributed by atoms with E-state index in [1.54, 1.807) is 10.5 Å². The second kappa shape index (κ2) is 5.58. The van der Waals surface area contributed by atoms with Gasteiger partial charge in [-0.1, -0.05) is 36.4 Å². The number of para-hydroxylation sites is 1. The molecule has 1 aliphatic rings. The number of piperidine rings is 1. The minimum Gasteiger partial charge on any atom is -0.256 e. The first-order chi connectivity index (χ1) is 10.1. The molecule has 0 unspecified atom stereocenters. The van der Waals surface area contributed by atoms with Crippen LogP contribution >= 0.6 is 0 Å². The molecular weight excluding hydrogens is 284 g/mol. The summed E-state index contributed by atoms with van der Waals surface area (Å²) in [5.74, 6) is 0.00777. The second-order valence-electron chi connectivity index (χ2n) is 5.40. The summed E-state index contributed by atoms with van der Waals surface area (Å²) >= 11 is 0. The van der Waals surface area contributed by atoms with Gasteiger partial charge in [0.2, 0.25) is 10.0 Å². The molecule has 3 rings (SSSR count). The molecule has 2 heterocycles. The Morgan fingerprint density at radius 3 is 2.62 bits per heavy atom. The lowest BCUT2D eigenvalue weighted by Gasteiger charge is -2.27. The van der Waals surface area contributed by atoms with Crippen molar-refractivity contribution in [3.05, 3.63) is 54.2 Å². The molecule has 0 amide bonds. The summed E-state index contributed by atoms with van der Waals surface area (Å²) < 4.78 is 26.7. The van der Waals surface area contributed by atoms with Gasteiger partial charge in [-0.05, 0) is 24.5 Å². The van der Waals surface area contributed by atoms with Crippen LogP contribution in [0.1, 0.15) is 18.4 Å². The summed E-state index contributed by atoms with van der Waals surface area (Å²) in [6.07, 6.45) is 3.21. The van der Waals surface area contributed by atoms with Crippen LogP contribution in [0.3, 0.4) is 0 Å². The number of sulfonamides is 1. The van der Waals surface area contributed by atoms with Crippen LogP contribution in [0.4, 0.5) is 0 Å². The van der Waals surface area contributed by atoms with E-state index >= 15 is 0 Å². The highest BCUT2D eigenvalue weighted by Crippen LogP contribution is 2.23. The molecule has 0 atom stereocenters. The monoisotopic (exact) mass is 302 g/mol. The highest BCUT2D eigenvalue weighted by atomic mass is 32.2. The first kappa shape index (κ1) is 14.2. The summed E-state index contributed by atoms with van der Waals surface area (Å²) in [5, 5.41) is 0.970. The van der Waals surface area contributed by atoms with Gasteiger partial charge in [0.25, 0.3) is 0 Å². The molecule has 1 saturated heterocycles. The second-order valence-corrected chi connectivity index (χ2v) is 7.37. The van der Waals surface area contributed by atoms with Gasteiger partial charge >= 0.3 is 0 Å². The fourth-order valence-corrected chi connectivity index (χ4v) is 4.20. The number of benzene rings is 1. The third-order valence-electron chi connectivity index (χ3n) is 3.88. The van der Waals surface area contributed by atoms with Gasteiger partial charge in [-0.3, -0.25) is 4.98 Å². The SMILES string of the molecule is C=C1CCN(S(=O)(=O)Cc2cccc3cccnc23)CC1. The molecule has 2 aromatic rings. The smallest absolute Gasteiger partial charge is 0.218 e. The molecule has 0 bridgehead atoms. The lowest BCUT2D eigenvalue weighted by Crippen LogP contribution is -2.37.